The van der Waals surface area contributed by atoms with Crippen LogP contribution in [-0.2, 0) is 9.59 Å². The standard InChI is InChI=1S/C12H14Cl2N2O2/c1-12(2,3)16-11(18)10(17)15-9-5-7(13)4-8(14)6-9/h4-6H,1-3H3,(H,15,17)(H,16,18). The van der Waals surface area contributed by atoms with Crippen molar-refractivity contribution >= 4 is 40.7 Å². The molecule has 2 amide bonds. The van der Waals surface area contributed by atoms with Gasteiger partial charge in [-0.2, -0.15) is 0 Å². The average molecular weight is 289 g/mol. The summed E-state index contributed by atoms with van der Waals surface area (Å²) in [7, 11) is 0. The van der Waals surface area contributed by atoms with Crippen molar-refractivity contribution in [2.24, 2.45) is 0 Å². The number of hydrogen-bond acceptors (Lipinski definition) is 2. The van der Waals surface area contributed by atoms with Gasteiger partial charge in [-0.15, -0.1) is 0 Å². The largest absolute Gasteiger partial charge is 0.343 e. The topological polar surface area (TPSA) is 58.2 Å². The minimum atomic E-state index is -0.761. The number of anilines is 1. The first kappa shape index (κ1) is 14.8. The highest BCUT2D eigenvalue weighted by atomic mass is 35.5. The van der Waals surface area contributed by atoms with E-state index in [1.54, 1.807) is 20.8 Å². The van der Waals surface area contributed by atoms with Gasteiger partial charge in [0.15, 0.2) is 0 Å². The fraction of sp³-hybridized carbons (Fsp3) is 0.333. The normalized spacial score (nSPS) is 10.9. The lowest BCUT2D eigenvalue weighted by Crippen LogP contribution is -2.46. The zero-order valence-corrected chi connectivity index (χ0v) is 11.8. The third-order valence-corrected chi connectivity index (χ3v) is 2.25. The summed E-state index contributed by atoms with van der Waals surface area (Å²) >= 11 is 11.6. The number of nitrogens with one attached hydrogen (secondary N) is 2. The molecule has 1 aromatic carbocycles. The molecule has 0 fully saturated rings. The maximum atomic E-state index is 11.6. The first-order valence-corrected chi connectivity index (χ1v) is 6.02. The summed E-state index contributed by atoms with van der Waals surface area (Å²) in [5.41, 5.74) is -0.0954. The van der Waals surface area contributed by atoms with E-state index in [0.717, 1.165) is 0 Å². The molecule has 2 N–H and O–H groups in total. The van der Waals surface area contributed by atoms with E-state index >= 15 is 0 Å². The Labute approximate surface area is 116 Å². The lowest BCUT2D eigenvalue weighted by molar-refractivity contribution is -0.137. The van der Waals surface area contributed by atoms with Gasteiger partial charge in [-0.25, -0.2) is 0 Å². The van der Waals surface area contributed by atoms with Gasteiger partial charge in [0, 0.05) is 21.3 Å². The number of halogens is 2. The van der Waals surface area contributed by atoms with E-state index in [1.165, 1.54) is 18.2 Å². The molecule has 4 nitrogen and oxygen atoms in total. The maximum Gasteiger partial charge on any atom is 0.313 e. The SMILES string of the molecule is CC(C)(C)NC(=O)C(=O)Nc1cc(Cl)cc(Cl)c1. The van der Waals surface area contributed by atoms with Gasteiger partial charge in [-0.1, -0.05) is 23.2 Å². The van der Waals surface area contributed by atoms with E-state index < -0.39 is 17.4 Å². The van der Waals surface area contributed by atoms with Crippen LogP contribution in [0.15, 0.2) is 18.2 Å². The van der Waals surface area contributed by atoms with Gasteiger partial charge >= 0.3 is 11.8 Å². The average Bonchev–Trinajstić information content (AvgIpc) is 2.12. The summed E-state index contributed by atoms with van der Waals surface area (Å²) < 4.78 is 0. The molecule has 0 spiro atoms. The van der Waals surface area contributed by atoms with Gasteiger partial charge in [0.25, 0.3) is 0 Å². The molecule has 18 heavy (non-hydrogen) atoms. The van der Waals surface area contributed by atoms with Crippen LogP contribution in [0.5, 0.6) is 0 Å². The Morgan fingerprint density at radius 2 is 1.50 bits per heavy atom. The zero-order chi connectivity index (χ0) is 13.9. The van der Waals surface area contributed by atoms with E-state index in [0.29, 0.717) is 15.7 Å². The molecule has 0 aliphatic rings. The minimum Gasteiger partial charge on any atom is -0.343 e. The first-order chi connectivity index (χ1) is 8.17. The highest BCUT2D eigenvalue weighted by Crippen LogP contribution is 2.22. The van der Waals surface area contributed by atoms with Gasteiger partial charge in [-0.3, -0.25) is 9.59 Å². The number of carbonyl (C=O) groups excluding carboxylic acids is 2. The second kappa shape index (κ2) is 5.59. The molecule has 0 aliphatic carbocycles. The highest BCUT2D eigenvalue weighted by Gasteiger charge is 2.20. The number of amides is 2. The van der Waals surface area contributed by atoms with Crippen molar-refractivity contribution in [2.75, 3.05) is 5.32 Å². The molecular weight excluding hydrogens is 275 g/mol. The van der Waals surface area contributed by atoms with Gasteiger partial charge in [0.05, 0.1) is 0 Å². The quantitative estimate of drug-likeness (QED) is 0.781. The van der Waals surface area contributed by atoms with Crippen molar-refractivity contribution in [2.45, 2.75) is 26.3 Å². The number of hydrogen-bond donors (Lipinski definition) is 2. The van der Waals surface area contributed by atoms with Crippen LogP contribution >= 0.6 is 23.2 Å². The second-order valence-electron chi connectivity index (χ2n) is 4.82. The molecule has 0 aromatic heterocycles. The summed E-state index contributed by atoms with van der Waals surface area (Å²) in [6, 6.07) is 4.55. The minimum absolute atomic E-state index is 0.376. The lowest BCUT2D eigenvalue weighted by atomic mass is 10.1. The van der Waals surface area contributed by atoms with Crippen LogP contribution < -0.4 is 10.6 Å². The number of carbonyl (C=O) groups is 2. The predicted molar refractivity (Wildman–Crippen MR) is 73.0 cm³/mol. The molecule has 1 rings (SSSR count). The molecule has 0 saturated heterocycles. The van der Waals surface area contributed by atoms with Crippen molar-refractivity contribution in [3.05, 3.63) is 28.2 Å². The van der Waals surface area contributed by atoms with E-state index in [1.807, 2.05) is 0 Å². The highest BCUT2D eigenvalue weighted by molar-refractivity contribution is 6.40. The van der Waals surface area contributed by atoms with Crippen LogP contribution in [0.25, 0.3) is 0 Å². The van der Waals surface area contributed by atoms with Gasteiger partial charge in [0.1, 0.15) is 0 Å². The van der Waals surface area contributed by atoms with Crippen molar-refractivity contribution < 1.29 is 9.59 Å². The molecule has 98 valence electrons. The Balaban J connectivity index is 2.73. The molecule has 0 radical (unpaired) electrons. The molecule has 0 atom stereocenters. The first-order valence-electron chi connectivity index (χ1n) is 5.27. The summed E-state index contributed by atoms with van der Waals surface area (Å²) in [6.45, 7) is 5.36. The Bertz CT molecular complexity index is 461. The number of benzene rings is 1. The van der Waals surface area contributed by atoms with Crippen molar-refractivity contribution in [3.8, 4) is 0 Å². The summed E-state index contributed by atoms with van der Waals surface area (Å²) in [6.07, 6.45) is 0. The van der Waals surface area contributed by atoms with Crippen LogP contribution in [0.1, 0.15) is 20.8 Å². The van der Waals surface area contributed by atoms with Gasteiger partial charge in [-0.05, 0) is 39.0 Å². The van der Waals surface area contributed by atoms with E-state index in [-0.39, 0.29) is 0 Å². The molecule has 0 aliphatic heterocycles. The zero-order valence-electron chi connectivity index (χ0n) is 10.3. The van der Waals surface area contributed by atoms with E-state index in [4.69, 9.17) is 23.2 Å². The Morgan fingerprint density at radius 3 is 1.94 bits per heavy atom. The Hall–Kier alpha value is -1.26. The van der Waals surface area contributed by atoms with Crippen LogP contribution in [-0.4, -0.2) is 17.4 Å². The molecule has 1 aromatic rings. The predicted octanol–water partition coefficient (Wildman–Crippen LogP) is 2.85. The van der Waals surface area contributed by atoms with Crippen molar-refractivity contribution in [3.63, 3.8) is 0 Å². The molecule has 0 heterocycles. The fourth-order valence-electron chi connectivity index (χ4n) is 1.21. The molecule has 6 heteroatoms. The monoisotopic (exact) mass is 288 g/mol. The molecular formula is C12H14Cl2N2O2. The van der Waals surface area contributed by atoms with Crippen LogP contribution in [0.4, 0.5) is 5.69 Å². The van der Waals surface area contributed by atoms with E-state index in [9.17, 15) is 9.59 Å². The maximum absolute atomic E-state index is 11.6. The van der Waals surface area contributed by atoms with Crippen molar-refractivity contribution in [1.82, 2.24) is 5.32 Å². The van der Waals surface area contributed by atoms with E-state index in [2.05, 4.69) is 10.6 Å². The molecule has 0 unspecified atom stereocenters. The third kappa shape index (κ3) is 4.94. The molecule has 0 bridgehead atoms. The fourth-order valence-corrected chi connectivity index (χ4v) is 1.74. The molecule has 0 saturated carbocycles. The van der Waals surface area contributed by atoms with Crippen LogP contribution in [0.2, 0.25) is 10.0 Å². The third-order valence-electron chi connectivity index (χ3n) is 1.82. The second-order valence-corrected chi connectivity index (χ2v) is 5.69. The van der Waals surface area contributed by atoms with Crippen LogP contribution in [0, 0.1) is 0 Å². The lowest BCUT2D eigenvalue weighted by Gasteiger charge is -2.19. The smallest absolute Gasteiger partial charge is 0.313 e. The Morgan fingerprint density at radius 1 is 1.00 bits per heavy atom. The Kier molecular flexibility index (Phi) is 4.59. The van der Waals surface area contributed by atoms with Crippen molar-refractivity contribution in [1.29, 1.82) is 0 Å². The summed E-state index contributed by atoms with van der Waals surface area (Å²) in [4.78, 5) is 23.1. The van der Waals surface area contributed by atoms with Gasteiger partial charge in [0.2, 0.25) is 0 Å². The van der Waals surface area contributed by atoms with Crippen LogP contribution in [0.3, 0.4) is 0 Å². The van der Waals surface area contributed by atoms with Gasteiger partial charge < -0.3 is 10.6 Å². The summed E-state index contributed by atoms with van der Waals surface area (Å²) in [5.74, 6) is -1.47. The summed E-state index contributed by atoms with van der Waals surface area (Å²) in [5, 5.41) is 5.74. The number of rotatable bonds is 1.